The minimum Gasteiger partial charge on any atom is -0.378 e. The molecule has 0 radical (unpaired) electrons. The van der Waals surface area contributed by atoms with E-state index in [1.807, 2.05) is 6.92 Å². The van der Waals surface area contributed by atoms with Gasteiger partial charge in [-0.25, -0.2) is 0 Å². The topological polar surface area (TPSA) is 65.2 Å². The van der Waals surface area contributed by atoms with Gasteiger partial charge in [0.15, 0.2) is 5.82 Å². The van der Waals surface area contributed by atoms with Crippen LogP contribution in [0.3, 0.4) is 0 Å². The number of ketones is 1. The Balaban J connectivity index is 1.86. The van der Waals surface area contributed by atoms with E-state index in [0.717, 1.165) is 19.4 Å². The lowest BCUT2D eigenvalue weighted by atomic mass is 10.1. The van der Waals surface area contributed by atoms with Crippen LogP contribution in [0.15, 0.2) is 4.52 Å². The number of carbonyl (C=O) groups excluding carboxylic acids is 1. The molecular weight excluding hydrogens is 220 g/mol. The van der Waals surface area contributed by atoms with Crippen LogP contribution in [0.25, 0.3) is 0 Å². The van der Waals surface area contributed by atoms with E-state index in [2.05, 4.69) is 10.1 Å². The van der Waals surface area contributed by atoms with Crippen molar-refractivity contribution >= 4 is 5.78 Å². The van der Waals surface area contributed by atoms with E-state index in [1.165, 1.54) is 6.42 Å². The van der Waals surface area contributed by atoms with Crippen LogP contribution in [0.1, 0.15) is 44.3 Å². The number of aromatic nitrogens is 2. The zero-order valence-corrected chi connectivity index (χ0v) is 10.1. The van der Waals surface area contributed by atoms with Crippen LogP contribution in [-0.2, 0) is 22.4 Å². The first-order chi connectivity index (χ1) is 8.28. The first kappa shape index (κ1) is 12.2. The summed E-state index contributed by atoms with van der Waals surface area (Å²) in [6, 6.07) is 0. The maximum Gasteiger partial charge on any atom is 0.234 e. The minimum absolute atomic E-state index is 0.120. The predicted octanol–water partition coefficient (Wildman–Crippen LogP) is 1.70. The normalized spacial score (nSPS) is 20.4. The van der Waals surface area contributed by atoms with E-state index in [0.29, 0.717) is 24.6 Å². The molecule has 17 heavy (non-hydrogen) atoms. The fourth-order valence-electron chi connectivity index (χ4n) is 1.91. The van der Waals surface area contributed by atoms with Crippen LogP contribution in [-0.4, -0.2) is 28.6 Å². The molecule has 2 rings (SSSR count). The quantitative estimate of drug-likeness (QED) is 0.781. The molecule has 1 aliphatic heterocycles. The van der Waals surface area contributed by atoms with Gasteiger partial charge in [0.2, 0.25) is 5.89 Å². The van der Waals surface area contributed by atoms with Gasteiger partial charge in [-0.15, -0.1) is 0 Å². The van der Waals surface area contributed by atoms with Crippen molar-refractivity contribution in [3.8, 4) is 0 Å². The van der Waals surface area contributed by atoms with Gasteiger partial charge in [-0.05, 0) is 19.3 Å². The Morgan fingerprint density at radius 1 is 1.47 bits per heavy atom. The average molecular weight is 238 g/mol. The lowest BCUT2D eigenvalue weighted by Crippen LogP contribution is -2.21. The van der Waals surface area contributed by atoms with Gasteiger partial charge < -0.3 is 9.26 Å². The maximum absolute atomic E-state index is 11.2. The predicted molar refractivity (Wildman–Crippen MR) is 60.6 cm³/mol. The summed E-state index contributed by atoms with van der Waals surface area (Å²) in [5, 5.41) is 3.88. The molecule has 1 aromatic heterocycles. The van der Waals surface area contributed by atoms with Crippen LogP contribution in [0.4, 0.5) is 0 Å². The van der Waals surface area contributed by atoms with Gasteiger partial charge in [-0.3, -0.25) is 4.79 Å². The summed E-state index contributed by atoms with van der Waals surface area (Å²) in [7, 11) is 0. The van der Waals surface area contributed by atoms with Crippen molar-refractivity contribution < 1.29 is 14.1 Å². The fourth-order valence-corrected chi connectivity index (χ4v) is 1.91. The number of rotatable bonds is 5. The molecular formula is C12H18N2O3. The van der Waals surface area contributed by atoms with Crippen LogP contribution >= 0.6 is 0 Å². The Morgan fingerprint density at radius 3 is 3.06 bits per heavy atom. The van der Waals surface area contributed by atoms with Crippen LogP contribution in [0.5, 0.6) is 0 Å². The molecule has 0 bridgehead atoms. The van der Waals surface area contributed by atoms with Crippen LogP contribution < -0.4 is 0 Å². The van der Waals surface area contributed by atoms with E-state index in [1.54, 1.807) is 0 Å². The van der Waals surface area contributed by atoms with Crippen molar-refractivity contribution in [2.24, 2.45) is 0 Å². The summed E-state index contributed by atoms with van der Waals surface area (Å²) in [5.41, 5.74) is 0. The summed E-state index contributed by atoms with van der Waals surface area (Å²) >= 11 is 0. The highest BCUT2D eigenvalue weighted by atomic mass is 16.5. The van der Waals surface area contributed by atoms with Gasteiger partial charge in [0.25, 0.3) is 0 Å². The number of Topliss-reactive ketones (excluding diaryl/α,β-unsaturated/α-hetero) is 1. The molecule has 5 heteroatoms. The van der Waals surface area contributed by atoms with E-state index in [9.17, 15) is 4.79 Å². The highest BCUT2D eigenvalue weighted by molar-refractivity contribution is 5.79. The molecule has 5 nitrogen and oxygen atoms in total. The van der Waals surface area contributed by atoms with E-state index >= 15 is 0 Å². The number of ether oxygens (including phenoxy) is 1. The van der Waals surface area contributed by atoms with Crippen LogP contribution in [0.2, 0.25) is 0 Å². The molecule has 0 amide bonds. The van der Waals surface area contributed by atoms with Crippen molar-refractivity contribution in [2.45, 2.75) is 51.6 Å². The molecule has 2 heterocycles. The van der Waals surface area contributed by atoms with Gasteiger partial charge in [-0.2, -0.15) is 4.98 Å². The van der Waals surface area contributed by atoms with Crippen molar-refractivity contribution in [3.05, 3.63) is 11.7 Å². The Bertz CT molecular complexity index is 370. The molecule has 1 saturated heterocycles. The largest absolute Gasteiger partial charge is 0.378 e. The smallest absolute Gasteiger partial charge is 0.234 e. The number of hydrogen-bond donors (Lipinski definition) is 0. The lowest BCUT2D eigenvalue weighted by molar-refractivity contribution is -0.118. The molecule has 94 valence electrons. The van der Waals surface area contributed by atoms with Crippen molar-refractivity contribution in [2.75, 3.05) is 6.61 Å². The lowest BCUT2D eigenvalue weighted by Gasteiger charge is -2.20. The van der Waals surface area contributed by atoms with E-state index in [4.69, 9.17) is 9.26 Å². The van der Waals surface area contributed by atoms with Gasteiger partial charge in [-0.1, -0.05) is 12.1 Å². The minimum atomic E-state index is 0.120. The molecule has 0 saturated carbocycles. The molecule has 0 aliphatic carbocycles. The molecule has 0 N–H and O–H groups in total. The summed E-state index contributed by atoms with van der Waals surface area (Å²) < 4.78 is 10.6. The Morgan fingerprint density at radius 2 is 2.35 bits per heavy atom. The number of nitrogens with zero attached hydrogens (tertiary/aromatic N) is 2. The second-order valence-electron chi connectivity index (χ2n) is 4.37. The maximum atomic E-state index is 11.2. The monoisotopic (exact) mass is 238 g/mol. The summed E-state index contributed by atoms with van der Waals surface area (Å²) in [6.07, 6.45) is 5.03. The van der Waals surface area contributed by atoms with E-state index in [-0.39, 0.29) is 18.3 Å². The first-order valence-electron chi connectivity index (χ1n) is 6.22. The Kier molecular flexibility index (Phi) is 4.25. The Hall–Kier alpha value is -1.23. The summed E-state index contributed by atoms with van der Waals surface area (Å²) in [4.78, 5) is 15.4. The van der Waals surface area contributed by atoms with Crippen molar-refractivity contribution in [3.63, 3.8) is 0 Å². The highest BCUT2D eigenvalue weighted by Gasteiger charge is 2.18. The van der Waals surface area contributed by atoms with Crippen molar-refractivity contribution in [1.29, 1.82) is 0 Å². The van der Waals surface area contributed by atoms with Gasteiger partial charge >= 0.3 is 0 Å². The second kappa shape index (κ2) is 5.91. The summed E-state index contributed by atoms with van der Waals surface area (Å²) in [5.74, 6) is 1.19. The molecule has 1 aromatic rings. The van der Waals surface area contributed by atoms with Crippen LogP contribution in [0, 0.1) is 0 Å². The zero-order valence-electron chi connectivity index (χ0n) is 10.1. The van der Waals surface area contributed by atoms with Gasteiger partial charge in [0, 0.05) is 19.4 Å². The first-order valence-corrected chi connectivity index (χ1v) is 6.22. The third-order valence-electron chi connectivity index (χ3n) is 2.94. The molecule has 0 aromatic carbocycles. The van der Waals surface area contributed by atoms with Crippen molar-refractivity contribution in [1.82, 2.24) is 10.1 Å². The van der Waals surface area contributed by atoms with Gasteiger partial charge in [0.1, 0.15) is 5.78 Å². The fraction of sp³-hybridized carbons (Fsp3) is 0.750. The third kappa shape index (κ3) is 3.63. The summed E-state index contributed by atoms with van der Waals surface area (Å²) in [6.45, 7) is 2.65. The average Bonchev–Trinajstić information content (AvgIpc) is 2.77. The van der Waals surface area contributed by atoms with Gasteiger partial charge in [0.05, 0.1) is 12.5 Å². The highest BCUT2D eigenvalue weighted by Crippen LogP contribution is 2.16. The third-order valence-corrected chi connectivity index (χ3v) is 2.94. The molecule has 1 fully saturated rings. The second-order valence-corrected chi connectivity index (χ2v) is 4.37. The molecule has 1 unspecified atom stereocenters. The molecule has 1 atom stereocenters. The molecule has 0 spiro atoms. The SMILES string of the molecule is CCC(=O)Cc1nc(CC2CCCCO2)no1. The standard InChI is InChI=1S/C12H18N2O3/c1-2-9(15)7-12-13-11(14-17-12)8-10-5-3-4-6-16-10/h10H,2-8H2,1H3. The molecule has 1 aliphatic rings. The number of carbonyl (C=O) groups is 1. The number of hydrogen-bond acceptors (Lipinski definition) is 5. The zero-order chi connectivity index (χ0) is 12.1. The van der Waals surface area contributed by atoms with E-state index < -0.39 is 0 Å². The Labute approximate surface area is 101 Å².